The molecule has 0 saturated heterocycles. The summed E-state index contributed by atoms with van der Waals surface area (Å²) in [5.41, 5.74) is 2.31. The van der Waals surface area contributed by atoms with Crippen molar-refractivity contribution in [3.63, 3.8) is 0 Å². The van der Waals surface area contributed by atoms with E-state index in [2.05, 4.69) is 24.3 Å². The van der Waals surface area contributed by atoms with E-state index in [0.717, 1.165) is 22.6 Å². The summed E-state index contributed by atoms with van der Waals surface area (Å²) in [7, 11) is 0. The molecular formula is C20H22O2. The van der Waals surface area contributed by atoms with E-state index in [1.54, 1.807) is 0 Å². The summed E-state index contributed by atoms with van der Waals surface area (Å²) in [5, 5.41) is 0. The second kappa shape index (κ2) is 8.73. The molecule has 2 rings (SSSR count). The Balaban J connectivity index is 1.85. The predicted molar refractivity (Wildman–Crippen MR) is 90.0 cm³/mol. The first-order chi connectivity index (χ1) is 10.8. The summed E-state index contributed by atoms with van der Waals surface area (Å²) in [5.74, 6) is 1.65. The van der Waals surface area contributed by atoms with Gasteiger partial charge in [0.05, 0.1) is 5.76 Å². The first-order valence-corrected chi connectivity index (χ1v) is 7.46. The molecule has 2 heteroatoms. The van der Waals surface area contributed by atoms with Crippen LogP contribution in [0, 0.1) is 0 Å². The Labute approximate surface area is 132 Å². The van der Waals surface area contributed by atoms with Crippen LogP contribution in [0.15, 0.2) is 84.3 Å². The lowest BCUT2D eigenvalue weighted by Gasteiger charge is -2.10. The van der Waals surface area contributed by atoms with Crippen LogP contribution in [0.4, 0.5) is 0 Å². The van der Waals surface area contributed by atoms with Gasteiger partial charge >= 0.3 is 0 Å². The fraction of sp³-hybridized carbons (Fsp3) is 0.200. The normalized spacial score (nSPS) is 12.1. The molecule has 0 amide bonds. The molecule has 114 valence electrons. The van der Waals surface area contributed by atoms with Crippen LogP contribution in [0.5, 0.6) is 0 Å². The average molecular weight is 294 g/mol. The average Bonchev–Trinajstić information content (AvgIpc) is 2.58. The van der Waals surface area contributed by atoms with Crippen LogP contribution in [0.2, 0.25) is 0 Å². The van der Waals surface area contributed by atoms with E-state index in [-0.39, 0.29) is 0 Å². The maximum atomic E-state index is 5.80. The van der Waals surface area contributed by atoms with Gasteiger partial charge in [-0.3, -0.25) is 0 Å². The second-order valence-electron chi connectivity index (χ2n) is 4.99. The van der Waals surface area contributed by atoms with Crippen molar-refractivity contribution in [2.75, 3.05) is 0 Å². The molecule has 0 aromatic heterocycles. The molecule has 0 aliphatic rings. The van der Waals surface area contributed by atoms with Crippen molar-refractivity contribution in [2.24, 2.45) is 0 Å². The van der Waals surface area contributed by atoms with Crippen LogP contribution in [0.1, 0.15) is 25.0 Å². The van der Waals surface area contributed by atoms with Gasteiger partial charge in [0, 0.05) is 6.08 Å². The van der Waals surface area contributed by atoms with E-state index in [1.165, 1.54) is 0 Å². The van der Waals surface area contributed by atoms with E-state index in [1.807, 2.05) is 62.4 Å². The summed E-state index contributed by atoms with van der Waals surface area (Å²) in [6.07, 6.45) is 3.87. The minimum atomic E-state index is 0.559. The molecule has 0 aliphatic carbocycles. The highest BCUT2D eigenvalue weighted by atomic mass is 16.5. The highest BCUT2D eigenvalue weighted by Crippen LogP contribution is 2.11. The maximum Gasteiger partial charge on any atom is 0.118 e. The first-order valence-electron chi connectivity index (χ1n) is 7.46. The van der Waals surface area contributed by atoms with Crippen molar-refractivity contribution in [2.45, 2.75) is 27.1 Å². The van der Waals surface area contributed by atoms with Crippen LogP contribution >= 0.6 is 0 Å². The van der Waals surface area contributed by atoms with Gasteiger partial charge in [0.25, 0.3) is 0 Å². The van der Waals surface area contributed by atoms with Gasteiger partial charge in [0.2, 0.25) is 0 Å². The molecule has 0 saturated carbocycles. The zero-order valence-corrected chi connectivity index (χ0v) is 13.2. The number of allylic oxidation sites excluding steroid dienone is 3. The molecular weight excluding hydrogens is 272 g/mol. The number of hydrogen-bond donors (Lipinski definition) is 0. The van der Waals surface area contributed by atoms with Crippen molar-refractivity contribution in [3.8, 4) is 0 Å². The summed E-state index contributed by atoms with van der Waals surface area (Å²) in [6, 6.07) is 20.3. The maximum absolute atomic E-state index is 5.80. The summed E-state index contributed by atoms with van der Waals surface area (Å²) in [6.45, 7) is 5.03. The van der Waals surface area contributed by atoms with Gasteiger partial charge in [-0.05, 0) is 31.1 Å². The van der Waals surface area contributed by atoms with Gasteiger partial charge in [0.1, 0.15) is 19.0 Å². The van der Waals surface area contributed by atoms with Crippen LogP contribution in [0.3, 0.4) is 0 Å². The topological polar surface area (TPSA) is 18.5 Å². The van der Waals surface area contributed by atoms with E-state index in [0.29, 0.717) is 13.2 Å². The molecule has 2 nitrogen and oxygen atoms in total. The SMILES string of the molecule is CC=C(C=C(C)OCc1ccccc1)OCc1ccccc1. The Morgan fingerprint density at radius 2 is 1.32 bits per heavy atom. The van der Waals surface area contributed by atoms with Crippen molar-refractivity contribution >= 4 is 0 Å². The quantitative estimate of drug-likeness (QED) is 0.514. The fourth-order valence-corrected chi connectivity index (χ4v) is 1.96. The molecule has 0 radical (unpaired) electrons. The zero-order chi connectivity index (χ0) is 15.6. The van der Waals surface area contributed by atoms with Crippen molar-refractivity contribution in [1.29, 1.82) is 0 Å². The van der Waals surface area contributed by atoms with Crippen LogP contribution in [-0.4, -0.2) is 0 Å². The van der Waals surface area contributed by atoms with Gasteiger partial charge in [-0.2, -0.15) is 0 Å². The second-order valence-corrected chi connectivity index (χ2v) is 4.99. The minimum absolute atomic E-state index is 0.559. The standard InChI is InChI=1S/C20H22O2/c1-3-20(22-16-19-12-8-5-9-13-19)14-17(2)21-15-18-10-6-4-7-11-18/h3-14H,15-16H2,1-2H3. The lowest BCUT2D eigenvalue weighted by atomic mass is 10.2. The molecule has 2 aromatic carbocycles. The van der Waals surface area contributed by atoms with Gasteiger partial charge in [-0.15, -0.1) is 0 Å². The molecule has 0 atom stereocenters. The van der Waals surface area contributed by atoms with Crippen molar-refractivity contribution < 1.29 is 9.47 Å². The Hall–Kier alpha value is -2.48. The van der Waals surface area contributed by atoms with Crippen LogP contribution < -0.4 is 0 Å². The number of benzene rings is 2. The van der Waals surface area contributed by atoms with Gasteiger partial charge in [-0.25, -0.2) is 0 Å². The fourth-order valence-electron chi connectivity index (χ4n) is 1.96. The molecule has 22 heavy (non-hydrogen) atoms. The van der Waals surface area contributed by atoms with Gasteiger partial charge in [-0.1, -0.05) is 60.7 Å². The lowest BCUT2D eigenvalue weighted by Crippen LogP contribution is -1.95. The third kappa shape index (κ3) is 5.49. The van der Waals surface area contributed by atoms with E-state index >= 15 is 0 Å². The minimum Gasteiger partial charge on any atom is -0.493 e. The molecule has 2 aromatic rings. The number of rotatable bonds is 7. The van der Waals surface area contributed by atoms with E-state index < -0.39 is 0 Å². The van der Waals surface area contributed by atoms with Gasteiger partial charge < -0.3 is 9.47 Å². The third-order valence-corrected chi connectivity index (χ3v) is 3.19. The Bertz CT molecular complexity index is 613. The highest BCUT2D eigenvalue weighted by molar-refractivity contribution is 5.18. The molecule has 0 spiro atoms. The largest absolute Gasteiger partial charge is 0.493 e. The van der Waals surface area contributed by atoms with Crippen LogP contribution in [0.25, 0.3) is 0 Å². The monoisotopic (exact) mass is 294 g/mol. The Kier molecular flexibility index (Phi) is 6.31. The van der Waals surface area contributed by atoms with Gasteiger partial charge in [0.15, 0.2) is 0 Å². The summed E-state index contributed by atoms with van der Waals surface area (Å²) >= 11 is 0. The molecule has 0 aliphatic heterocycles. The van der Waals surface area contributed by atoms with E-state index in [9.17, 15) is 0 Å². The van der Waals surface area contributed by atoms with Crippen molar-refractivity contribution in [1.82, 2.24) is 0 Å². The highest BCUT2D eigenvalue weighted by Gasteiger charge is 1.99. The number of ether oxygens (including phenoxy) is 2. The predicted octanol–water partition coefficient (Wildman–Crippen LogP) is 5.23. The smallest absolute Gasteiger partial charge is 0.118 e. The Morgan fingerprint density at radius 3 is 1.82 bits per heavy atom. The summed E-state index contributed by atoms with van der Waals surface area (Å²) < 4.78 is 11.6. The molecule has 0 heterocycles. The third-order valence-electron chi connectivity index (χ3n) is 3.19. The molecule has 0 bridgehead atoms. The molecule has 0 unspecified atom stereocenters. The van der Waals surface area contributed by atoms with Crippen LogP contribution in [-0.2, 0) is 22.7 Å². The molecule has 0 N–H and O–H groups in total. The molecule has 0 fully saturated rings. The Morgan fingerprint density at radius 1 is 0.818 bits per heavy atom. The number of hydrogen-bond acceptors (Lipinski definition) is 2. The summed E-state index contributed by atoms with van der Waals surface area (Å²) in [4.78, 5) is 0. The van der Waals surface area contributed by atoms with Crippen molar-refractivity contribution in [3.05, 3.63) is 95.5 Å². The first kappa shape index (κ1) is 15.9. The zero-order valence-electron chi connectivity index (χ0n) is 13.2. The van der Waals surface area contributed by atoms with E-state index in [4.69, 9.17) is 9.47 Å². The lowest BCUT2D eigenvalue weighted by molar-refractivity contribution is 0.186.